The van der Waals surface area contributed by atoms with E-state index in [2.05, 4.69) is 13.2 Å². The summed E-state index contributed by atoms with van der Waals surface area (Å²) < 4.78 is 0. The topological polar surface area (TPSA) is 40.6 Å². The number of hydrogen-bond donors (Lipinski definition) is 0. The highest BCUT2D eigenvalue weighted by Crippen LogP contribution is 2.18. The second-order valence-corrected chi connectivity index (χ2v) is 5.41. The lowest BCUT2D eigenvalue weighted by Gasteiger charge is -2.35. The molecule has 5 heteroatoms. The summed E-state index contributed by atoms with van der Waals surface area (Å²) in [5, 5.41) is 0.175. The largest absolute Gasteiger partial charge is 0.281 e. The Hall–Kier alpha value is -2.79. The van der Waals surface area contributed by atoms with E-state index in [1.165, 1.54) is 15.9 Å². The van der Waals surface area contributed by atoms with Gasteiger partial charge < -0.3 is 0 Å². The molecular weight excluding hydrogens is 320 g/mol. The predicted molar refractivity (Wildman–Crippen MR) is 100.0 cm³/mol. The summed E-state index contributed by atoms with van der Waals surface area (Å²) >= 11 is 5.25. The van der Waals surface area contributed by atoms with Crippen LogP contribution in [0.3, 0.4) is 0 Å². The van der Waals surface area contributed by atoms with Crippen LogP contribution < -0.4 is 0 Å². The van der Waals surface area contributed by atoms with Crippen LogP contribution in [0.15, 0.2) is 73.4 Å². The van der Waals surface area contributed by atoms with Gasteiger partial charge in [0.2, 0.25) is 0 Å². The van der Waals surface area contributed by atoms with E-state index in [0.29, 0.717) is 0 Å². The van der Waals surface area contributed by atoms with Crippen LogP contribution in [0.2, 0.25) is 0 Å². The predicted octanol–water partition coefficient (Wildman–Crippen LogP) is 2.95. The van der Waals surface area contributed by atoms with Crippen LogP contribution in [0.4, 0.5) is 0 Å². The fourth-order valence-electron chi connectivity index (χ4n) is 2.24. The third-order valence-corrected chi connectivity index (χ3v) is 3.83. The van der Waals surface area contributed by atoms with Crippen molar-refractivity contribution in [2.24, 2.45) is 0 Å². The summed E-state index contributed by atoms with van der Waals surface area (Å²) in [6.45, 7) is 7.76. The Balaban J connectivity index is 2.33. The first-order valence-corrected chi connectivity index (χ1v) is 7.84. The molecule has 1 aromatic carbocycles. The molecule has 0 aromatic heterocycles. The van der Waals surface area contributed by atoms with Crippen LogP contribution in [-0.2, 0) is 9.59 Å². The number of carbonyl (C=O) groups is 2. The van der Waals surface area contributed by atoms with Crippen LogP contribution in [-0.4, -0.2) is 39.8 Å². The van der Waals surface area contributed by atoms with Crippen LogP contribution >= 0.6 is 12.2 Å². The summed E-state index contributed by atoms with van der Waals surface area (Å²) in [4.78, 5) is 27.8. The molecule has 0 spiro atoms. The Morgan fingerprint density at radius 2 is 1.50 bits per heavy atom. The molecule has 1 fully saturated rings. The summed E-state index contributed by atoms with van der Waals surface area (Å²) in [5.41, 5.74) is 1.05. The summed E-state index contributed by atoms with van der Waals surface area (Å²) in [6.07, 6.45) is 8.18. The number of benzene rings is 1. The molecule has 122 valence electrons. The molecule has 1 heterocycles. The van der Waals surface area contributed by atoms with Gasteiger partial charge in [-0.25, -0.2) is 0 Å². The average molecular weight is 338 g/mol. The average Bonchev–Trinajstić information content (AvgIpc) is 2.59. The lowest BCUT2D eigenvalue weighted by Crippen LogP contribution is -2.56. The van der Waals surface area contributed by atoms with Gasteiger partial charge in [-0.2, -0.15) is 0 Å². The molecule has 1 aliphatic rings. The van der Waals surface area contributed by atoms with Gasteiger partial charge in [0, 0.05) is 13.1 Å². The summed E-state index contributed by atoms with van der Waals surface area (Å²) in [5.74, 6) is -0.828. The van der Waals surface area contributed by atoms with Gasteiger partial charge in [-0.3, -0.25) is 19.4 Å². The van der Waals surface area contributed by atoms with Crippen molar-refractivity contribution in [3.63, 3.8) is 0 Å². The van der Waals surface area contributed by atoms with E-state index in [9.17, 15) is 9.59 Å². The van der Waals surface area contributed by atoms with E-state index in [4.69, 9.17) is 12.2 Å². The van der Waals surface area contributed by atoms with E-state index < -0.39 is 11.8 Å². The molecule has 2 amide bonds. The van der Waals surface area contributed by atoms with Crippen molar-refractivity contribution in [2.75, 3.05) is 13.1 Å². The Bertz CT molecular complexity index is 701. The maximum absolute atomic E-state index is 12.5. The zero-order valence-corrected chi connectivity index (χ0v) is 14.0. The fraction of sp³-hybridized carbons (Fsp3) is 0.105. The minimum atomic E-state index is -0.414. The van der Waals surface area contributed by atoms with Gasteiger partial charge in [-0.15, -0.1) is 13.2 Å². The van der Waals surface area contributed by atoms with Crippen molar-refractivity contribution in [2.45, 2.75) is 0 Å². The first-order valence-electron chi connectivity index (χ1n) is 7.43. The lowest BCUT2D eigenvalue weighted by atomic mass is 10.1. The molecular formula is C19H18N2O2S. The van der Waals surface area contributed by atoms with Gasteiger partial charge in [0.15, 0.2) is 5.11 Å². The molecule has 1 saturated heterocycles. The number of hydrogen-bond acceptors (Lipinski definition) is 3. The number of amides is 2. The highest BCUT2D eigenvalue weighted by Gasteiger charge is 2.37. The lowest BCUT2D eigenvalue weighted by molar-refractivity contribution is -0.133. The van der Waals surface area contributed by atoms with E-state index in [0.717, 1.165) is 5.56 Å². The van der Waals surface area contributed by atoms with Crippen LogP contribution in [0.25, 0.3) is 6.08 Å². The molecule has 24 heavy (non-hydrogen) atoms. The van der Waals surface area contributed by atoms with Crippen molar-refractivity contribution in [3.05, 3.63) is 78.9 Å². The number of thiocarbonyl (C=S) groups is 1. The van der Waals surface area contributed by atoms with Gasteiger partial charge in [0.25, 0.3) is 11.8 Å². The minimum absolute atomic E-state index is 0.0690. The van der Waals surface area contributed by atoms with Gasteiger partial charge in [0.1, 0.15) is 5.57 Å². The van der Waals surface area contributed by atoms with Crippen molar-refractivity contribution < 1.29 is 9.59 Å². The Labute approximate surface area is 147 Å². The number of allylic oxidation sites excluding steroid dienone is 2. The summed E-state index contributed by atoms with van der Waals surface area (Å²) in [6, 6.07) is 9.62. The number of rotatable bonds is 6. The highest BCUT2D eigenvalue weighted by atomic mass is 32.1. The van der Waals surface area contributed by atoms with E-state index in [1.54, 1.807) is 18.2 Å². The normalized spacial score (nSPS) is 15.2. The number of nitrogens with zero attached hydrogens (tertiary/aromatic N) is 2. The van der Waals surface area contributed by atoms with E-state index in [1.807, 2.05) is 36.4 Å². The maximum atomic E-state index is 12.5. The van der Waals surface area contributed by atoms with Crippen LogP contribution in [0.5, 0.6) is 0 Å². The quantitative estimate of drug-likeness (QED) is 0.347. The van der Waals surface area contributed by atoms with Gasteiger partial charge in [-0.05, 0) is 23.9 Å². The number of carbonyl (C=O) groups excluding carboxylic acids is 2. The SMILES string of the molecule is C=CCN1C(=O)C(=CC=Cc2ccccc2)C(=O)N(CC=C)C1=S. The highest BCUT2D eigenvalue weighted by molar-refractivity contribution is 7.80. The third kappa shape index (κ3) is 3.75. The third-order valence-electron chi connectivity index (χ3n) is 3.39. The molecule has 0 unspecified atom stereocenters. The molecule has 4 nitrogen and oxygen atoms in total. The molecule has 0 saturated carbocycles. The standard InChI is InChI=1S/C19H18N2O2S/c1-3-13-20-17(22)16(18(23)21(14-4-2)19(20)24)12-8-11-15-9-6-5-7-10-15/h3-12H,1-2,13-14H2. The molecule has 0 bridgehead atoms. The molecule has 0 aliphatic carbocycles. The summed E-state index contributed by atoms with van der Waals surface area (Å²) in [7, 11) is 0. The fourth-order valence-corrected chi connectivity index (χ4v) is 2.56. The van der Waals surface area contributed by atoms with Gasteiger partial charge in [-0.1, -0.05) is 54.6 Å². The van der Waals surface area contributed by atoms with E-state index in [-0.39, 0.29) is 23.8 Å². The van der Waals surface area contributed by atoms with Crippen LogP contribution in [0.1, 0.15) is 5.56 Å². The maximum Gasteiger partial charge on any atom is 0.265 e. The van der Waals surface area contributed by atoms with Crippen molar-refractivity contribution in [1.29, 1.82) is 0 Å². The monoisotopic (exact) mass is 338 g/mol. The zero-order valence-electron chi connectivity index (χ0n) is 13.2. The molecule has 0 atom stereocenters. The molecule has 0 radical (unpaired) electrons. The Morgan fingerprint density at radius 1 is 0.958 bits per heavy atom. The molecule has 1 aliphatic heterocycles. The smallest absolute Gasteiger partial charge is 0.265 e. The Morgan fingerprint density at radius 3 is 2.00 bits per heavy atom. The van der Waals surface area contributed by atoms with Crippen molar-refractivity contribution in [1.82, 2.24) is 9.80 Å². The molecule has 0 N–H and O–H groups in total. The first kappa shape index (κ1) is 17.6. The van der Waals surface area contributed by atoms with E-state index >= 15 is 0 Å². The first-order chi connectivity index (χ1) is 11.6. The molecule has 1 aromatic rings. The van der Waals surface area contributed by atoms with Gasteiger partial charge in [0.05, 0.1) is 0 Å². The zero-order chi connectivity index (χ0) is 17.5. The van der Waals surface area contributed by atoms with Crippen molar-refractivity contribution >= 4 is 35.2 Å². The second-order valence-electron chi connectivity index (χ2n) is 5.04. The molecule has 2 rings (SSSR count). The second kappa shape index (κ2) is 8.17. The van der Waals surface area contributed by atoms with Gasteiger partial charge >= 0.3 is 0 Å². The van der Waals surface area contributed by atoms with Crippen LogP contribution in [0, 0.1) is 0 Å². The van der Waals surface area contributed by atoms with Crippen molar-refractivity contribution in [3.8, 4) is 0 Å². The Kier molecular flexibility index (Phi) is 5.98. The minimum Gasteiger partial charge on any atom is -0.281 e.